The van der Waals surface area contributed by atoms with Gasteiger partial charge in [-0.1, -0.05) is 57.5 Å². The molecule has 14 atom stereocenters. The van der Waals surface area contributed by atoms with Crippen molar-refractivity contribution < 1.29 is 64.3 Å². The number of phenols is 1. The van der Waals surface area contributed by atoms with Crippen molar-refractivity contribution in [1.82, 2.24) is 5.32 Å². The molecule has 14 unspecified atom stereocenters. The van der Waals surface area contributed by atoms with Gasteiger partial charge in [0.25, 0.3) is 0 Å². The van der Waals surface area contributed by atoms with Crippen LogP contribution >= 0.6 is 0 Å². The molecule has 3 aliphatic carbocycles. The molecule has 5 aliphatic rings. The van der Waals surface area contributed by atoms with Crippen LogP contribution in [0.1, 0.15) is 126 Å². The molecule has 3 fully saturated rings. The molecule has 14 heteroatoms. The minimum Gasteiger partial charge on any atom is -0.504 e. The van der Waals surface area contributed by atoms with E-state index in [1.807, 2.05) is 18.2 Å². The number of hydrogen-bond acceptors (Lipinski definition) is 14. The molecule has 1 saturated heterocycles. The number of aliphatic hydroxyl groups is 6. The Balaban J connectivity index is 1.19. The minimum absolute atomic E-state index is 0.00772. The third kappa shape index (κ3) is 11.8. The highest BCUT2D eigenvalue weighted by molar-refractivity contribution is 5.94. The Labute approximate surface area is 401 Å². The number of aliphatic hydroxyl groups excluding tert-OH is 5. The van der Waals surface area contributed by atoms with E-state index in [1.165, 1.54) is 19.3 Å². The standard InChI is InChI=1S/C54H77NO13/c1-31(2)22-37-15-19-53(28-45(37)60)18-14-32(3)23-40(53)11-13-47(61)66-50-48(62)49-43(55-29-33(4)58)16-20-54(64,68-49)51(50)67-52(63)39(24-35-7-12-44(59)46(26-35)65-5)27-42-38(30-57)10-9-36-8-6-34(17-21-56)25-41(36)42/h6-8,12,16,20,24-26,31-33,37-38,40,42-43,45,48-51,55-60,62,64H,9-11,13-15,17-19,21-23,27-30H2,1-5H3. The highest BCUT2D eigenvalue weighted by Crippen LogP contribution is 2.55. The van der Waals surface area contributed by atoms with Crippen molar-refractivity contribution >= 4 is 18.0 Å². The fraction of sp³-hybridized carbons (Fsp3) is 0.667. The molecule has 2 bridgehead atoms. The maximum Gasteiger partial charge on any atom is 0.334 e. The number of ether oxygens (including phenoxy) is 4. The van der Waals surface area contributed by atoms with Gasteiger partial charge in [0.2, 0.25) is 5.79 Å². The second kappa shape index (κ2) is 22.5. The summed E-state index contributed by atoms with van der Waals surface area (Å²) in [5.74, 6) is -3.05. The van der Waals surface area contributed by atoms with Crippen LogP contribution < -0.4 is 10.1 Å². The third-order valence-corrected chi connectivity index (χ3v) is 15.9. The van der Waals surface area contributed by atoms with Crippen molar-refractivity contribution in [2.75, 3.05) is 26.9 Å². The first-order chi connectivity index (χ1) is 32.5. The lowest BCUT2D eigenvalue weighted by atomic mass is 9.54. The van der Waals surface area contributed by atoms with Gasteiger partial charge in [-0.2, -0.15) is 0 Å². The maximum atomic E-state index is 15.0. The average molecular weight is 948 g/mol. The van der Waals surface area contributed by atoms with E-state index >= 15 is 0 Å². The summed E-state index contributed by atoms with van der Waals surface area (Å²) in [6, 6.07) is 9.91. The van der Waals surface area contributed by atoms with Gasteiger partial charge >= 0.3 is 11.9 Å². The van der Waals surface area contributed by atoms with Gasteiger partial charge in [-0.3, -0.25) is 4.79 Å². The molecule has 376 valence electrons. The molecular formula is C54H77NO13. The van der Waals surface area contributed by atoms with E-state index in [0.717, 1.165) is 55.2 Å². The second-order valence-electron chi connectivity index (χ2n) is 21.3. The fourth-order valence-corrected chi connectivity index (χ4v) is 12.3. The van der Waals surface area contributed by atoms with Crippen molar-refractivity contribution in [3.8, 4) is 11.5 Å². The summed E-state index contributed by atoms with van der Waals surface area (Å²) >= 11 is 0. The Kier molecular flexibility index (Phi) is 17.2. The Morgan fingerprint density at radius 2 is 1.79 bits per heavy atom. The zero-order chi connectivity index (χ0) is 48.9. The summed E-state index contributed by atoms with van der Waals surface area (Å²) in [6.07, 6.45) is 6.26. The summed E-state index contributed by atoms with van der Waals surface area (Å²) in [6.45, 7) is 8.15. The lowest BCUT2D eigenvalue weighted by Crippen LogP contribution is -2.71. The van der Waals surface area contributed by atoms with E-state index in [9.17, 15) is 45.3 Å². The fourth-order valence-electron chi connectivity index (χ4n) is 12.3. The van der Waals surface area contributed by atoms with E-state index in [-0.39, 0.29) is 78.8 Å². The number of rotatable bonds is 18. The van der Waals surface area contributed by atoms with E-state index < -0.39 is 60.4 Å². The normalized spacial score (nSPS) is 34.1. The van der Waals surface area contributed by atoms with Gasteiger partial charge in [0.05, 0.1) is 25.4 Å². The Bertz CT molecular complexity index is 2110. The van der Waals surface area contributed by atoms with E-state index in [0.29, 0.717) is 49.5 Å². The number of aryl methyl sites for hydroxylation is 1. The number of methoxy groups -OCH3 is 1. The van der Waals surface area contributed by atoms with Crippen LogP contribution in [0.4, 0.5) is 0 Å². The number of hydrogen-bond donors (Lipinski definition) is 8. The molecule has 0 aromatic heterocycles. The lowest BCUT2D eigenvalue weighted by Gasteiger charge is -2.52. The number of benzene rings is 2. The minimum atomic E-state index is -2.35. The molecule has 0 amide bonds. The SMILES string of the molecule is COc1cc(C=C(CC2c3cc(CCO)ccc3CCC2CO)C(=O)OC2C(OC(=O)CCC3CC(C)CCC34CCC(CC(C)C)C(O)C4)C(O)C3OC2(O)C=CC3NCC(C)O)ccc1O. The van der Waals surface area contributed by atoms with Gasteiger partial charge in [-0.25, -0.2) is 4.79 Å². The van der Waals surface area contributed by atoms with Gasteiger partial charge in [0.1, 0.15) is 12.2 Å². The molecule has 2 aromatic carbocycles. The van der Waals surface area contributed by atoms with Crippen LogP contribution in [-0.4, -0.2) is 123 Å². The van der Waals surface area contributed by atoms with Gasteiger partial charge in [-0.15, -0.1) is 0 Å². The summed E-state index contributed by atoms with van der Waals surface area (Å²) in [5.41, 5.74) is 3.43. The molecule has 2 aromatic rings. The van der Waals surface area contributed by atoms with Gasteiger partial charge in [0.15, 0.2) is 23.7 Å². The Morgan fingerprint density at radius 3 is 2.50 bits per heavy atom. The summed E-state index contributed by atoms with van der Waals surface area (Å²) in [7, 11) is 1.41. The van der Waals surface area contributed by atoms with Crippen molar-refractivity contribution in [1.29, 1.82) is 0 Å². The number of esters is 2. The largest absolute Gasteiger partial charge is 0.504 e. The second-order valence-corrected chi connectivity index (χ2v) is 21.3. The number of nitrogens with one attached hydrogen (secondary N) is 1. The summed E-state index contributed by atoms with van der Waals surface area (Å²) in [4.78, 5) is 29.2. The maximum absolute atomic E-state index is 15.0. The molecule has 1 spiro atoms. The molecule has 68 heavy (non-hydrogen) atoms. The molecule has 2 aliphatic heterocycles. The molecule has 0 radical (unpaired) electrons. The Hall–Kier alpha value is -3.86. The molecule has 14 nitrogen and oxygen atoms in total. The van der Waals surface area contributed by atoms with Crippen molar-refractivity contribution in [2.45, 2.75) is 166 Å². The zero-order valence-electron chi connectivity index (χ0n) is 40.6. The van der Waals surface area contributed by atoms with Crippen molar-refractivity contribution in [2.24, 2.45) is 35.0 Å². The molecular weight excluding hydrogens is 871 g/mol. The number of carbonyl (C=O) groups is 2. The van der Waals surface area contributed by atoms with Crippen LogP contribution in [0, 0.1) is 35.0 Å². The zero-order valence-corrected chi connectivity index (χ0v) is 40.6. The van der Waals surface area contributed by atoms with Crippen LogP contribution in [-0.2, 0) is 36.6 Å². The van der Waals surface area contributed by atoms with Gasteiger partial charge in [0, 0.05) is 31.8 Å². The van der Waals surface area contributed by atoms with Crippen LogP contribution in [0.25, 0.3) is 6.08 Å². The van der Waals surface area contributed by atoms with E-state index in [4.69, 9.17) is 18.9 Å². The predicted molar refractivity (Wildman–Crippen MR) is 255 cm³/mol. The smallest absolute Gasteiger partial charge is 0.334 e. The third-order valence-electron chi connectivity index (χ3n) is 15.9. The summed E-state index contributed by atoms with van der Waals surface area (Å²) in [5, 5.41) is 80.0. The van der Waals surface area contributed by atoms with Crippen LogP contribution in [0.5, 0.6) is 11.5 Å². The van der Waals surface area contributed by atoms with E-state index in [2.05, 4.69) is 26.1 Å². The van der Waals surface area contributed by atoms with E-state index in [1.54, 1.807) is 31.2 Å². The van der Waals surface area contributed by atoms with Crippen LogP contribution in [0.15, 0.2) is 54.1 Å². The Morgan fingerprint density at radius 1 is 1.01 bits per heavy atom. The van der Waals surface area contributed by atoms with Crippen molar-refractivity contribution in [3.05, 3.63) is 76.4 Å². The quantitative estimate of drug-likeness (QED) is 0.0515. The number of carbonyl (C=O) groups excluding carboxylic acids is 2. The van der Waals surface area contributed by atoms with Gasteiger partial charge < -0.3 is 60.0 Å². The number of fused-ring (bicyclic) bond motifs is 3. The number of phenolic OH excluding ortho intramolecular Hbond substituents is 1. The first kappa shape index (κ1) is 52.0. The predicted octanol–water partition coefficient (Wildman–Crippen LogP) is 5.64. The summed E-state index contributed by atoms with van der Waals surface area (Å²) < 4.78 is 24.0. The average Bonchev–Trinajstić information content (AvgIpc) is 3.30. The topological polar surface area (TPSA) is 225 Å². The molecule has 2 heterocycles. The lowest BCUT2D eigenvalue weighted by molar-refractivity contribution is -0.333. The first-order valence-electron chi connectivity index (χ1n) is 25.1. The monoisotopic (exact) mass is 948 g/mol. The highest BCUT2D eigenvalue weighted by Gasteiger charge is 2.60. The molecule has 2 saturated carbocycles. The van der Waals surface area contributed by atoms with Crippen LogP contribution in [0.3, 0.4) is 0 Å². The van der Waals surface area contributed by atoms with Crippen LogP contribution in [0.2, 0.25) is 0 Å². The van der Waals surface area contributed by atoms with Crippen molar-refractivity contribution in [3.63, 3.8) is 0 Å². The molecule has 8 N–H and O–H groups in total. The van der Waals surface area contributed by atoms with Gasteiger partial charge in [-0.05, 0) is 165 Å². The molecule has 7 rings (SSSR count). The first-order valence-corrected chi connectivity index (χ1v) is 25.1. The number of aromatic hydroxyl groups is 1. The highest BCUT2D eigenvalue weighted by atomic mass is 16.7.